The maximum absolute atomic E-state index is 11.7. The molecule has 1 aromatic carbocycles. The highest BCUT2D eigenvalue weighted by molar-refractivity contribution is 5.96. The highest BCUT2D eigenvalue weighted by atomic mass is 16.5. The van der Waals surface area contributed by atoms with E-state index >= 15 is 0 Å². The predicted octanol–water partition coefficient (Wildman–Crippen LogP) is 1.73. The molecule has 0 radical (unpaired) electrons. The Balaban J connectivity index is 2.10. The number of hydrogen-bond acceptors (Lipinski definition) is 3. The van der Waals surface area contributed by atoms with Crippen LogP contribution in [0.5, 0.6) is 0 Å². The average Bonchev–Trinajstić information content (AvgIpc) is 2.48. The average molecular weight is 217 g/mol. The Kier molecular flexibility index (Phi) is 3.37. The molecule has 2 N–H and O–H groups in total. The first-order valence-corrected chi connectivity index (χ1v) is 5.40. The monoisotopic (exact) mass is 217 g/mol. The van der Waals surface area contributed by atoms with Crippen molar-refractivity contribution in [2.75, 3.05) is 18.9 Å². The van der Waals surface area contributed by atoms with Crippen LogP contribution in [0.1, 0.15) is 12.0 Å². The third-order valence-corrected chi connectivity index (χ3v) is 2.62. The summed E-state index contributed by atoms with van der Waals surface area (Å²) in [7, 11) is 0. The van der Waals surface area contributed by atoms with E-state index in [9.17, 15) is 4.79 Å². The molecule has 3 nitrogen and oxygen atoms in total. The van der Waals surface area contributed by atoms with E-state index in [1.165, 1.54) is 0 Å². The molecule has 3 heteroatoms. The Bertz CT molecular complexity index is 406. The Morgan fingerprint density at radius 1 is 1.25 bits per heavy atom. The summed E-state index contributed by atoms with van der Waals surface area (Å²) >= 11 is 0. The molecule has 0 saturated carbocycles. The number of carbonyl (C=O) groups is 1. The van der Waals surface area contributed by atoms with Gasteiger partial charge < -0.3 is 10.5 Å². The van der Waals surface area contributed by atoms with E-state index in [1.54, 1.807) is 0 Å². The molecule has 0 atom stereocenters. The Morgan fingerprint density at radius 3 is 2.75 bits per heavy atom. The van der Waals surface area contributed by atoms with E-state index in [2.05, 4.69) is 0 Å². The Morgan fingerprint density at radius 2 is 2.00 bits per heavy atom. The standard InChI is InChI=1S/C13H15NO2/c14-12-5-3-10(4-6-12)8-11-2-1-7-16-9-13(11)15/h2-6H,1,7-9,14H2. The second-order valence-electron chi connectivity index (χ2n) is 3.91. The Labute approximate surface area is 94.9 Å². The summed E-state index contributed by atoms with van der Waals surface area (Å²) in [6.45, 7) is 0.845. The lowest BCUT2D eigenvalue weighted by Crippen LogP contribution is -2.10. The van der Waals surface area contributed by atoms with Gasteiger partial charge in [-0.1, -0.05) is 18.2 Å². The lowest BCUT2D eigenvalue weighted by atomic mass is 10.0. The van der Waals surface area contributed by atoms with Crippen molar-refractivity contribution in [3.05, 3.63) is 41.5 Å². The van der Waals surface area contributed by atoms with Crippen LogP contribution in [0.25, 0.3) is 0 Å². The molecule has 84 valence electrons. The zero-order chi connectivity index (χ0) is 11.4. The fraction of sp³-hybridized carbons (Fsp3) is 0.308. The topological polar surface area (TPSA) is 52.3 Å². The van der Waals surface area contributed by atoms with Crippen molar-refractivity contribution in [3.63, 3.8) is 0 Å². The number of benzene rings is 1. The van der Waals surface area contributed by atoms with Gasteiger partial charge in [0.2, 0.25) is 0 Å². The van der Waals surface area contributed by atoms with Crippen LogP contribution in [0.3, 0.4) is 0 Å². The highest BCUT2D eigenvalue weighted by Gasteiger charge is 2.12. The molecule has 0 spiro atoms. The van der Waals surface area contributed by atoms with Gasteiger partial charge in [-0.2, -0.15) is 0 Å². The largest absolute Gasteiger partial charge is 0.399 e. The highest BCUT2D eigenvalue weighted by Crippen LogP contribution is 2.14. The summed E-state index contributed by atoms with van der Waals surface area (Å²) in [5, 5.41) is 0. The van der Waals surface area contributed by atoms with Gasteiger partial charge in [-0.25, -0.2) is 0 Å². The van der Waals surface area contributed by atoms with Gasteiger partial charge >= 0.3 is 0 Å². The van der Waals surface area contributed by atoms with Crippen molar-refractivity contribution in [2.24, 2.45) is 0 Å². The summed E-state index contributed by atoms with van der Waals surface area (Å²) in [5.74, 6) is 0.0920. The zero-order valence-corrected chi connectivity index (χ0v) is 9.11. The second-order valence-corrected chi connectivity index (χ2v) is 3.91. The number of nitrogen functional groups attached to an aromatic ring is 1. The minimum atomic E-state index is 0.0920. The molecule has 0 amide bonds. The van der Waals surface area contributed by atoms with Gasteiger partial charge in [0.15, 0.2) is 5.78 Å². The van der Waals surface area contributed by atoms with E-state index in [4.69, 9.17) is 10.5 Å². The number of carbonyl (C=O) groups excluding carboxylic acids is 1. The van der Waals surface area contributed by atoms with E-state index in [0.717, 1.165) is 23.2 Å². The molecule has 0 aromatic heterocycles. The van der Waals surface area contributed by atoms with Crippen molar-refractivity contribution in [2.45, 2.75) is 12.8 Å². The molecule has 0 fully saturated rings. The van der Waals surface area contributed by atoms with Gasteiger partial charge in [0.25, 0.3) is 0 Å². The molecule has 2 rings (SSSR count). The van der Waals surface area contributed by atoms with Crippen LogP contribution < -0.4 is 5.73 Å². The first kappa shape index (κ1) is 10.9. The molecule has 1 aliphatic rings. The minimum Gasteiger partial charge on any atom is -0.399 e. The predicted molar refractivity (Wildman–Crippen MR) is 63.1 cm³/mol. The number of ether oxygens (including phenoxy) is 1. The van der Waals surface area contributed by atoms with Crippen LogP contribution >= 0.6 is 0 Å². The van der Waals surface area contributed by atoms with Gasteiger partial charge in [-0.05, 0) is 29.7 Å². The van der Waals surface area contributed by atoms with Crippen LogP contribution in [-0.4, -0.2) is 19.0 Å². The maximum atomic E-state index is 11.7. The van der Waals surface area contributed by atoms with Crippen LogP contribution in [0.15, 0.2) is 35.9 Å². The molecule has 0 bridgehead atoms. The normalized spacial score (nSPS) is 16.8. The number of rotatable bonds is 2. The van der Waals surface area contributed by atoms with Gasteiger partial charge in [-0.15, -0.1) is 0 Å². The second kappa shape index (κ2) is 4.94. The molecule has 16 heavy (non-hydrogen) atoms. The summed E-state index contributed by atoms with van der Waals surface area (Å²) in [6, 6.07) is 7.62. The summed E-state index contributed by atoms with van der Waals surface area (Å²) in [5.41, 5.74) is 8.31. The first-order chi connectivity index (χ1) is 7.75. The Hall–Kier alpha value is -1.61. The summed E-state index contributed by atoms with van der Waals surface area (Å²) in [6.07, 6.45) is 3.46. The lowest BCUT2D eigenvalue weighted by molar-refractivity contribution is -0.119. The van der Waals surface area contributed by atoms with E-state index in [1.807, 2.05) is 30.3 Å². The number of nitrogens with two attached hydrogens (primary N) is 1. The van der Waals surface area contributed by atoms with Crippen molar-refractivity contribution < 1.29 is 9.53 Å². The van der Waals surface area contributed by atoms with Crippen LogP contribution in [0.2, 0.25) is 0 Å². The van der Waals surface area contributed by atoms with Gasteiger partial charge in [0.05, 0.1) is 6.61 Å². The zero-order valence-electron chi connectivity index (χ0n) is 9.11. The molecule has 0 unspecified atom stereocenters. The summed E-state index contributed by atoms with van der Waals surface area (Å²) < 4.78 is 5.17. The van der Waals surface area contributed by atoms with Gasteiger partial charge in [0.1, 0.15) is 6.61 Å². The third-order valence-electron chi connectivity index (χ3n) is 2.62. The van der Waals surface area contributed by atoms with Crippen LogP contribution in [-0.2, 0) is 16.0 Å². The van der Waals surface area contributed by atoms with E-state index in [0.29, 0.717) is 13.0 Å². The number of Topliss-reactive ketones (excluding diaryl/α,β-unsaturated/α-hetero) is 1. The minimum absolute atomic E-state index is 0.0920. The van der Waals surface area contributed by atoms with Crippen molar-refractivity contribution in [1.82, 2.24) is 0 Å². The molecule has 1 aromatic rings. The fourth-order valence-electron chi connectivity index (χ4n) is 1.71. The van der Waals surface area contributed by atoms with Crippen LogP contribution in [0.4, 0.5) is 5.69 Å². The molecular weight excluding hydrogens is 202 g/mol. The number of hydrogen-bond donors (Lipinski definition) is 1. The molecule has 1 heterocycles. The fourth-order valence-corrected chi connectivity index (χ4v) is 1.71. The van der Waals surface area contributed by atoms with Gasteiger partial charge in [0, 0.05) is 12.1 Å². The SMILES string of the molecule is Nc1ccc(CC2=CCCOCC2=O)cc1. The first-order valence-electron chi connectivity index (χ1n) is 5.40. The molecular formula is C13H15NO2. The van der Waals surface area contributed by atoms with Crippen molar-refractivity contribution >= 4 is 11.5 Å². The number of anilines is 1. The maximum Gasteiger partial charge on any atom is 0.184 e. The van der Waals surface area contributed by atoms with E-state index in [-0.39, 0.29) is 12.4 Å². The molecule has 1 aliphatic heterocycles. The molecule has 0 aliphatic carbocycles. The lowest BCUT2D eigenvalue weighted by Gasteiger charge is -2.04. The van der Waals surface area contributed by atoms with Gasteiger partial charge in [-0.3, -0.25) is 4.79 Å². The number of ketones is 1. The molecule has 0 saturated heterocycles. The summed E-state index contributed by atoms with van der Waals surface area (Å²) in [4.78, 5) is 11.7. The van der Waals surface area contributed by atoms with Crippen molar-refractivity contribution in [3.8, 4) is 0 Å². The van der Waals surface area contributed by atoms with Crippen molar-refractivity contribution in [1.29, 1.82) is 0 Å². The van der Waals surface area contributed by atoms with Crippen LogP contribution in [0, 0.1) is 0 Å². The quantitative estimate of drug-likeness (QED) is 0.767. The smallest absolute Gasteiger partial charge is 0.184 e. The van der Waals surface area contributed by atoms with E-state index < -0.39 is 0 Å². The third kappa shape index (κ3) is 2.70.